The lowest BCUT2D eigenvalue weighted by Crippen LogP contribution is -2.30. The zero-order valence-electron chi connectivity index (χ0n) is 18.5. The van der Waals surface area contributed by atoms with E-state index in [0.29, 0.717) is 13.0 Å². The lowest BCUT2D eigenvalue weighted by atomic mass is 10.1. The van der Waals surface area contributed by atoms with Crippen molar-refractivity contribution >= 4 is 11.6 Å². The highest BCUT2D eigenvalue weighted by molar-refractivity contribution is 6.31. The summed E-state index contributed by atoms with van der Waals surface area (Å²) in [5.74, 6) is -1.76. The molecule has 0 aliphatic rings. The van der Waals surface area contributed by atoms with Crippen molar-refractivity contribution < 1.29 is 13.5 Å². The molecule has 10 heteroatoms. The molecule has 2 aromatic heterocycles. The SMILES string of the molecule is CC(C)Cn1c(-c2c(F)cc(OCCCN(C)C)cc2F)c(Cl)nc(-n2cccn2)c1=O. The summed E-state index contributed by atoms with van der Waals surface area (Å²) in [7, 11) is 3.86. The van der Waals surface area contributed by atoms with Crippen LogP contribution in [0.1, 0.15) is 20.3 Å². The van der Waals surface area contributed by atoms with Crippen molar-refractivity contribution in [1.29, 1.82) is 0 Å². The van der Waals surface area contributed by atoms with Gasteiger partial charge in [-0.15, -0.1) is 0 Å². The lowest BCUT2D eigenvalue weighted by molar-refractivity contribution is 0.279. The van der Waals surface area contributed by atoms with Gasteiger partial charge in [0.1, 0.15) is 17.4 Å². The molecule has 0 atom stereocenters. The van der Waals surface area contributed by atoms with Gasteiger partial charge in [0.15, 0.2) is 5.15 Å². The molecule has 0 amide bonds. The Morgan fingerprint density at radius 2 is 1.91 bits per heavy atom. The van der Waals surface area contributed by atoms with Crippen molar-refractivity contribution in [3.05, 3.63) is 57.7 Å². The number of benzene rings is 1. The van der Waals surface area contributed by atoms with Crippen LogP contribution in [0.25, 0.3) is 17.1 Å². The Hall–Kier alpha value is -2.78. The molecule has 3 rings (SSSR count). The van der Waals surface area contributed by atoms with E-state index in [1.54, 1.807) is 12.3 Å². The molecule has 32 heavy (non-hydrogen) atoms. The molecule has 0 unspecified atom stereocenters. The molecule has 0 fully saturated rings. The van der Waals surface area contributed by atoms with Gasteiger partial charge in [-0.05, 0) is 32.5 Å². The lowest BCUT2D eigenvalue weighted by Gasteiger charge is -2.19. The highest BCUT2D eigenvalue weighted by Crippen LogP contribution is 2.33. The first kappa shape index (κ1) is 23.9. The minimum atomic E-state index is -0.889. The van der Waals surface area contributed by atoms with Crippen molar-refractivity contribution in [1.82, 2.24) is 24.2 Å². The normalized spacial score (nSPS) is 11.5. The maximum absolute atomic E-state index is 15.1. The molecule has 7 nitrogen and oxygen atoms in total. The van der Waals surface area contributed by atoms with Crippen LogP contribution >= 0.6 is 11.6 Å². The molecule has 1 aromatic carbocycles. The van der Waals surface area contributed by atoms with Gasteiger partial charge in [-0.2, -0.15) is 5.10 Å². The number of nitrogens with zero attached hydrogens (tertiary/aromatic N) is 5. The largest absolute Gasteiger partial charge is 0.493 e. The monoisotopic (exact) mass is 465 g/mol. The standard InChI is InChI=1S/C22H26ClF2N5O2/c1-14(2)13-29-19(20(23)27-21(22(29)31)30-9-5-7-26-30)18-16(24)11-15(12-17(18)25)32-10-6-8-28(3)4/h5,7,9,11-12,14H,6,8,10,13H2,1-4H3. The number of halogens is 3. The zero-order valence-corrected chi connectivity index (χ0v) is 19.2. The van der Waals surface area contributed by atoms with Crippen molar-refractivity contribution in [2.75, 3.05) is 27.2 Å². The summed E-state index contributed by atoms with van der Waals surface area (Å²) in [5.41, 5.74) is -1.09. The van der Waals surface area contributed by atoms with E-state index >= 15 is 8.78 Å². The number of hydrogen-bond acceptors (Lipinski definition) is 5. The average Bonchev–Trinajstić information content (AvgIpc) is 3.23. The van der Waals surface area contributed by atoms with Crippen LogP contribution in [-0.4, -0.2) is 51.5 Å². The Labute approximate surface area is 190 Å². The first-order valence-corrected chi connectivity index (χ1v) is 10.6. The third-order valence-electron chi connectivity index (χ3n) is 4.65. The maximum atomic E-state index is 15.1. The number of aromatic nitrogens is 4. The molecule has 2 heterocycles. The molecule has 0 saturated carbocycles. The van der Waals surface area contributed by atoms with Gasteiger partial charge >= 0.3 is 0 Å². The fourth-order valence-electron chi connectivity index (χ4n) is 3.28. The Kier molecular flexibility index (Phi) is 7.63. The van der Waals surface area contributed by atoms with Crippen LogP contribution in [0, 0.1) is 17.6 Å². The highest BCUT2D eigenvalue weighted by atomic mass is 35.5. The minimum Gasteiger partial charge on any atom is -0.493 e. The molecule has 0 N–H and O–H groups in total. The van der Waals surface area contributed by atoms with E-state index in [9.17, 15) is 4.79 Å². The fraction of sp³-hybridized carbons (Fsp3) is 0.409. The summed E-state index contributed by atoms with van der Waals surface area (Å²) in [6.45, 7) is 5.06. The smallest absolute Gasteiger partial charge is 0.296 e. The Bertz CT molecular complexity index is 1110. The van der Waals surface area contributed by atoms with Gasteiger partial charge in [-0.3, -0.25) is 4.79 Å². The first-order chi connectivity index (χ1) is 15.2. The summed E-state index contributed by atoms with van der Waals surface area (Å²) in [5, 5.41) is 3.82. The van der Waals surface area contributed by atoms with Crippen LogP contribution < -0.4 is 10.3 Å². The molecular weight excluding hydrogens is 440 g/mol. The molecule has 0 spiro atoms. The molecule has 3 aromatic rings. The van der Waals surface area contributed by atoms with Gasteiger partial charge in [0.2, 0.25) is 5.82 Å². The summed E-state index contributed by atoms with van der Waals surface area (Å²) in [4.78, 5) is 19.3. The van der Waals surface area contributed by atoms with Crippen molar-refractivity contribution in [2.24, 2.45) is 5.92 Å². The van der Waals surface area contributed by atoms with Gasteiger partial charge in [-0.25, -0.2) is 18.4 Å². The van der Waals surface area contributed by atoms with E-state index < -0.39 is 22.8 Å². The quantitative estimate of drug-likeness (QED) is 0.447. The number of hydrogen-bond donors (Lipinski definition) is 0. The predicted octanol–water partition coefficient (Wildman–Crippen LogP) is 4.01. The average molecular weight is 466 g/mol. The Morgan fingerprint density at radius 3 is 2.47 bits per heavy atom. The van der Waals surface area contributed by atoms with E-state index in [4.69, 9.17) is 16.3 Å². The highest BCUT2D eigenvalue weighted by Gasteiger charge is 2.25. The Morgan fingerprint density at radius 1 is 1.22 bits per heavy atom. The molecule has 0 aliphatic heterocycles. The van der Waals surface area contributed by atoms with Gasteiger partial charge in [0.05, 0.1) is 17.9 Å². The van der Waals surface area contributed by atoms with Crippen molar-refractivity contribution in [3.63, 3.8) is 0 Å². The Balaban J connectivity index is 2.06. The topological polar surface area (TPSA) is 65.2 Å². The second kappa shape index (κ2) is 10.2. The molecule has 0 saturated heterocycles. The third kappa shape index (κ3) is 5.34. The number of ether oxygens (including phenoxy) is 1. The molecule has 0 aliphatic carbocycles. The second-order valence-corrected chi connectivity index (χ2v) is 8.46. The van der Waals surface area contributed by atoms with Gasteiger partial charge in [-0.1, -0.05) is 25.4 Å². The van der Waals surface area contributed by atoms with Gasteiger partial charge in [0, 0.05) is 37.6 Å². The second-order valence-electron chi connectivity index (χ2n) is 8.10. The van der Waals surface area contributed by atoms with Crippen LogP contribution in [0.2, 0.25) is 5.15 Å². The van der Waals surface area contributed by atoms with E-state index in [2.05, 4.69) is 10.1 Å². The molecule has 0 bridgehead atoms. The first-order valence-electron chi connectivity index (χ1n) is 10.3. The van der Waals surface area contributed by atoms with E-state index in [1.807, 2.05) is 32.8 Å². The molecule has 172 valence electrons. The van der Waals surface area contributed by atoms with E-state index in [0.717, 1.165) is 18.7 Å². The fourth-order valence-corrected chi connectivity index (χ4v) is 3.55. The van der Waals surface area contributed by atoms with Gasteiger partial charge in [0.25, 0.3) is 5.56 Å². The number of rotatable bonds is 9. The summed E-state index contributed by atoms with van der Waals surface area (Å²) in [6, 6.07) is 3.82. The molecular formula is C22H26ClF2N5O2. The zero-order chi connectivity index (χ0) is 23.4. The predicted molar refractivity (Wildman–Crippen MR) is 119 cm³/mol. The van der Waals surface area contributed by atoms with E-state index in [1.165, 1.54) is 15.4 Å². The minimum absolute atomic E-state index is 0.000754. The third-order valence-corrected chi connectivity index (χ3v) is 4.91. The van der Waals surface area contributed by atoms with Crippen molar-refractivity contribution in [3.8, 4) is 22.8 Å². The van der Waals surface area contributed by atoms with Crippen molar-refractivity contribution in [2.45, 2.75) is 26.8 Å². The summed E-state index contributed by atoms with van der Waals surface area (Å²) < 4.78 is 38.2. The van der Waals surface area contributed by atoms with Crippen LogP contribution in [0.3, 0.4) is 0 Å². The maximum Gasteiger partial charge on any atom is 0.296 e. The van der Waals surface area contributed by atoms with Crippen LogP contribution in [-0.2, 0) is 6.54 Å². The van der Waals surface area contributed by atoms with E-state index in [-0.39, 0.29) is 34.9 Å². The molecule has 0 radical (unpaired) electrons. The van der Waals surface area contributed by atoms with Crippen LogP contribution in [0.15, 0.2) is 35.4 Å². The summed E-state index contributed by atoms with van der Waals surface area (Å²) >= 11 is 6.38. The van der Waals surface area contributed by atoms with Gasteiger partial charge < -0.3 is 14.2 Å². The van der Waals surface area contributed by atoms with Crippen LogP contribution in [0.5, 0.6) is 5.75 Å². The summed E-state index contributed by atoms with van der Waals surface area (Å²) in [6.07, 6.45) is 3.74. The van der Waals surface area contributed by atoms with Crippen LogP contribution in [0.4, 0.5) is 8.78 Å².